The van der Waals surface area contributed by atoms with E-state index in [0.29, 0.717) is 22.8 Å². The van der Waals surface area contributed by atoms with Crippen molar-refractivity contribution in [2.24, 2.45) is 0 Å². The Morgan fingerprint density at radius 2 is 2.04 bits per heavy atom. The molecule has 4 nitrogen and oxygen atoms in total. The number of carbonyl (C=O) groups is 1. The number of quaternary nitrogens is 1. The molecule has 1 amide bonds. The summed E-state index contributed by atoms with van der Waals surface area (Å²) in [7, 11) is 4.18. The third-order valence-electron chi connectivity index (χ3n) is 4.14. The largest absolute Gasteiger partial charge is 0.340 e. The van der Waals surface area contributed by atoms with Crippen LogP contribution in [-0.2, 0) is 0 Å². The molecule has 0 aliphatic carbocycles. The van der Waals surface area contributed by atoms with E-state index in [4.69, 9.17) is 0 Å². The van der Waals surface area contributed by atoms with Gasteiger partial charge in [-0.2, -0.15) is 0 Å². The fraction of sp³-hybridized carbons (Fsp3) is 0.300. The van der Waals surface area contributed by atoms with Gasteiger partial charge < -0.3 is 4.90 Å². The van der Waals surface area contributed by atoms with E-state index in [0.717, 1.165) is 23.2 Å². The second kappa shape index (κ2) is 7.93. The molecule has 3 rings (SSSR count). The Bertz CT molecular complexity index is 922. The number of nitrogens with zero attached hydrogens (tertiary/aromatic N) is 2. The van der Waals surface area contributed by atoms with Gasteiger partial charge in [-0.1, -0.05) is 29.0 Å². The molecule has 0 atom stereocenters. The molecule has 6 heteroatoms. The molecule has 3 aromatic rings. The zero-order chi connectivity index (χ0) is 18.7. The van der Waals surface area contributed by atoms with E-state index in [9.17, 15) is 9.18 Å². The third-order valence-corrected chi connectivity index (χ3v) is 5.18. The summed E-state index contributed by atoms with van der Waals surface area (Å²) in [6, 6.07) is 12.1. The van der Waals surface area contributed by atoms with Crippen LogP contribution in [-0.4, -0.2) is 38.1 Å². The van der Waals surface area contributed by atoms with E-state index in [1.807, 2.05) is 31.2 Å². The molecule has 0 fully saturated rings. The summed E-state index contributed by atoms with van der Waals surface area (Å²) < 4.78 is 14.3. The zero-order valence-corrected chi connectivity index (χ0v) is 16.1. The number of thiazole rings is 1. The van der Waals surface area contributed by atoms with Crippen LogP contribution in [0.3, 0.4) is 0 Å². The van der Waals surface area contributed by atoms with E-state index in [-0.39, 0.29) is 11.7 Å². The molecule has 136 valence electrons. The average Bonchev–Trinajstić information content (AvgIpc) is 3.00. The number of nitrogens with one attached hydrogen (secondary N) is 1. The summed E-state index contributed by atoms with van der Waals surface area (Å²) in [6.07, 6.45) is 0.865. The van der Waals surface area contributed by atoms with E-state index >= 15 is 0 Å². The van der Waals surface area contributed by atoms with Crippen molar-refractivity contribution < 1.29 is 14.1 Å². The maximum absolute atomic E-state index is 13.5. The van der Waals surface area contributed by atoms with Crippen molar-refractivity contribution in [3.05, 3.63) is 59.4 Å². The molecule has 1 heterocycles. The van der Waals surface area contributed by atoms with Crippen LogP contribution in [0, 0.1) is 12.7 Å². The number of carbonyl (C=O) groups excluding carboxylic acids is 1. The first-order valence-electron chi connectivity index (χ1n) is 8.67. The summed E-state index contributed by atoms with van der Waals surface area (Å²) >= 11 is 1.35. The van der Waals surface area contributed by atoms with E-state index in [1.165, 1.54) is 28.4 Å². The predicted molar refractivity (Wildman–Crippen MR) is 105 cm³/mol. The normalized spacial score (nSPS) is 11.3. The maximum Gasteiger partial charge on any atom is 0.260 e. The topological polar surface area (TPSA) is 37.6 Å². The minimum atomic E-state index is -0.291. The lowest BCUT2D eigenvalue weighted by molar-refractivity contribution is -0.858. The number of amides is 1. The highest BCUT2D eigenvalue weighted by molar-refractivity contribution is 7.22. The van der Waals surface area contributed by atoms with Gasteiger partial charge >= 0.3 is 0 Å². The fourth-order valence-electron chi connectivity index (χ4n) is 2.81. The Kier molecular flexibility index (Phi) is 5.64. The molecule has 0 saturated heterocycles. The highest BCUT2D eigenvalue weighted by Gasteiger charge is 2.21. The van der Waals surface area contributed by atoms with Gasteiger partial charge in [0.15, 0.2) is 5.13 Å². The zero-order valence-electron chi connectivity index (χ0n) is 15.3. The van der Waals surface area contributed by atoms with Crippen LogP contribution >= 0.6 is 11.3 Å². The first kappa shape index (κ1) is 18.5. The van der Waals surface area contributed by atoms with Gasteiger partial charge in [-0.15, -0.1) is 0 Å². The van der Waals surface area contributed by atoms with Crippen molar-refractivity contribution in [2.45, 2.75) is 13.3 Å². The molecule has 2 aromatic carbocycles. The Morgan fingerprint density at radius 3 is 2.77 bits per heavy atom. The summed E-state index contributed by atoms with van der Waals surface area (Å²) in [5.74, 6) is -0.359. The predicted octanol–water partition coefficient (Wildman–Crippen LogP) is 2.93. The smallest absolute Gasteiger partial charge is 0.260 e. The molecule has 0 unspecified atom stereocenters. The van der Waals surface area contributed by atoms with Crippen LogP contribution in [0.1, 0.15) is 22.3 Å². The van der Waals surface area contributed by atoms with Crippen molar-refractivity contribution in [3.63, 3.8) is 0 Å². The van der Waals surface area contributed by atoms with Crippen LogP contribution < -0.4 is 9.80 Å². The van der Waals surface area contributed by atoms with Crippen molar-refractivity contribution in [1.82, 2.24) is 4.98 Å². The SMILES string of the molecule is Cc1cccc(C(=O)N(CCC[NH+](C)C)c2nc3ccc(F)cc3s2)c1. The van der Waals surface area contributed by atoms with Crippen LogP contribution in [0.5, 0.6) is 0 Å². The van der Waals surface area contributed by atoms with Crippen molar-refractivity contribution in [3.8, 4) is 0 Å². The highest BCUT2D eigenvalue weighted by Crippen LogP contribution is 2.30. The third kappa shape index (κ3) is 4.26. The fourth-order valence-corrected chi connectivity index (χ4v) is 3.83. The number of hydrogen-bond donors (Lipinski definition) is 1. The van der Waals surface area contributed by atoms with E-state index in [2.05, 4.69) is 19.1 Å². The van der Waals surface area contributed by atoms with E-state index < -0.39 is 0 Å². The number of hydrogen-bond acceptors (Lipinski definition) is 3. The molecular weight excluding hydrogens is 349 g/mol. The molecule has 0 bridgehead atoms. The molecule has 0 saturated carbocycles. The molecule has 26 heavy (non-hydrogen) atoms. The lowest BCUT2D eigenvalue weighted by Gasteiger charge is -2.20. The quantitative estimate of drug-likeness (QED) is 0.722. The Labute approximate surface area is 156 Å². The number of benzene rings is 2. The Balaban J connectivity index is 1.94. The Morgan fingerprint density at radius 1 is 1.23 bits per heavy atom. The van der Waals surface area contributed by atoms with E-state index in [1.54, 1.807) is 11.0 Å². The Hall–Kier alpha value is -2.31. The van der Waals surface area contributed by atoms with Gasteiger partial charge in [0.25, 0.3) is 5.91 Å². The molecular formula is C20H23FN3OS+. The average molecular weight is 372 g/mol. The van der Waals surface area contributed by atoms with Gasteiger partial charge in [0.2, 0.25) is 0 Å². The van der Waals surface area contributed by atoms with Crippen molar-refractivity contribution in [2.75, 3.05) is 32.1 Å². The summed E-state index contributed by atoms with van der Waals surface area (Å²) in [4.78, 5) is 20.8. The number of halogens is 1. The molecule has 0 spiro atoms. The number of fused-ring (bicyclic) bond motifs is 1. The van der Waals surface area contributed by atoms with Crippen LogP contribution in [0.15, 0.2) is 42.5 Å². The van der Waals surface area contributed by atoms with Gasteiger partial charge in [-0.3, -0.25) is 9.69 Å². The number of aryl methyl sites for hydroxylation is 1. The van der Waals surface area contributed by atoms with Gasteiger partial charge in [0, 0.05) is 18.5 Å². The number of rotatable bonds is 6. The summed E-state index contributed by atoms with van der Waals surface area (Å²) in [5.41, 5.74) is 2.40. The minimum absolute atomic E-state index is 0.0676. The molecule has 0 aliphatic rings. The number of anilines is 1. The first-order chi connectivity index (χ1) is 12.4. The highest BCUT2D eigenvalue weighted by atomic mass is 32.1. The van der Waals surface area contributed by atoms with Crippen LogP contribution in [0.25, 0.3) is 10.2 Å². The maximum atomic E-state index is 13.5. The summed E-state index contributed by atoms with van der Waals surface area (Å²) in [6.45, 7) is 3.51. The van der Waals surface area contributed by atoms with Gasteiger partial charge in [-0.25, -0.2) is 9.37 Å². The van der Waals surface area contributed by atoms with Gasteiger partial charge in [0.05, 0.1) is 30.9 Å². The molecule has 0 radical (unpaired) electrons. The van der Waals surface area contributed by atoms with Crippen molar-refractivity contribution >= 4 is 32.6 Å². The molecule has 1 N–H and O–H groups in total. The minimum Gasteiger partial charge on any atom is -0.340 e. The second-order valence-corrected chi connectivity index (χ2v) is 7.75. The standard InChI is InChI=1S/C20H22FN3OS/c1-14-6-4-7-15(12-14)19(25)24(11-5-10-23(2)3)20-22-17-9-8-16(21)13-18(17)26-20/h4,6-9,12-13H,5,10-11H2,1-3H3/p+1. The lowest BCUT2D eigenvalue weighted by atomic mass is 10.1. The summed E-state index contributed by atoms with van der Waals surface area (Å²) in [5, 5.41) is 0.617. The van der Waals surface area contributed by atoms with Gasteiger partial charge in [-0.05, 0) is 37.3 Å². The van der Waals surface area contributed by atoms with Crippen molar-refractivity contribution in [1.29, 1.82) is 0 Å². The van der Waals surface area contributed by atoms with Crippen LogP contribution in [0.2, 0.25) is 0 Å². The molecule has 1 aromatic heterocycles. The monoisotopic (exact) mass is 372 g/mol. The second-order valence-electron chi connectivity index (χ2n) is 6.75. The number of aromatic nitrogens is 1. The molecule has 0 aliphatic heterocycles. The first-order valence-corrected chi connectivity index (χ1v) is 9.49. The van der Waals surface area contributed by atoms with Crippen LogP contribution in [0.4, 0.5) is 9.52 Å². The van der Waals surface area contributed by atoms with Gasteiger partial charge in [0.1, 0.15) is 5.82 Å². The lowest BCUT2D eigenvalue weighted by Crippen LogP contribution is -3.05.